The lowest BCUT2D eigenvalue weighted by atomic mass is 10.1. The SMILES string of the molecule is Cc1cc([N+](=O)[O-])c(C)cc1NC(=O)NCc1ccccn1. The Morgan fingerprint density at radius 1 is 1.27 bits per heavy atom. The second kappa shape index (κ2) is 6.66. The van der Waals surface area contributed by atoms with Gasteiger partial charge in [0.2, 0.25) is 0 Å². The first kappa shape index (κ1) is 15.4. The van der Waals surface area contributed by atoms with Crippen molar-refractivity contribution in [2.24, 2.45) is 0 Å². The summed E-state index contributed by atoms with van der Waals surface area (Å²) < 4.78 is 0. The molecule has 0 fully saturated rings. The van der Waals surface area contributed by atoms with Crippen molar-refractivity contribution < 1.29 is 9.72 Å². The largest absolute Gasteiger partial charge is 0.332 e. The van der Waals surface area contributed by atoms with Crippen LogP contribution in [0.5, 0.6) is 0 Å². The van der Waals surface area contributed by atoms with E-state index in [-0.39, 0.29) is 11.7 Å². The fourth-order valence-corrected chi connectivity index (χ4v) is 1.97. The van der Waals surface area contributed by atoms with Crippen LogP contribution >= 0.6 is 0 Å². The first-order valence-electron chi connectivity index (χ1n) is 6.68. The van der Waals surface area contributed by atoms with Gasteiger partial charge in [-0.3, -0.25) is 15.1 Å². The maximum atomic E-state index is 11.9. The molecule has 2 aromatic rings. The van der Waals surface area contributed by atoms with Crippen molar-refractivity contribution in [2.75, 3.05) is 5.32 Å². The highest BCUT2D eigenvalue weighted by molar-refractivity contribution is 5.90. The summed E-state index contributed by atoms with van der Waals surface area (Å²) in [7, 11) is 0. The molecule has 0 bridgehead atoms. The second-order valence-corrected chi connectivity index (χ2v) is 4.84. The van der Waals surface area contributed by atoms with Gasteiger partial charge in [-0.1, -0.05) is 6.07 Å². The topological polar surface area (TPSA) is 97.2 Å². The molecule has 0 saturated carbocycles. The summed E-state index contributed by atoms with van der Waals surface area (Å²) in [5.41, 5.74) is 2.45. The lowest BCUT2D eigenvalue weighted by molar-refractivity contribution is -0.385. The summed E-state index contributed by atoms with van der Waals surface area (Å²) in [5, 5.41) is 16.2. The Hall–Kier alpha value is -2.96. The Morgan fingerprint density at radius 2 is 2.05 bits per heavy atom. The van der Waals surface area contributed by atoms with Crippen molar-refractivity contribution >= 4 is 17.4 Å². The molecule has 0 aliphatic rings. The zero-order chi connectivity index (χ0) is 16.1. The first-order valence-corrected chi connectivity index (χ1v) is 6.68. The molecule has 7 heteroatoms. The Bertz CT molecular complexity index is 701. The number of aromatic nitrogens is 1. The monoisotopic (exact) mass is 300 g/mol. The first-order chi connectivity index (χ1) is 10.5. The number of rotatable bonds is 4. The van der Waals surface area contributed by atoms with Crippen molar-refractivity contribution in [1.29, 1.82) is 0 Å². The van der Waals surface area contributed by atoms with Gasteiger partial charge in [0.05, 0.1) is 17.2 Å². The predicted molar refractivity (Wildman–Crippen MR) is 82.7 cm³/mol. The fraction of sp³-hybridized carbons (Fsp3) is 0.200. The molecule has 0 aliphatic heterocycles. The van der Waals surface area contributed by atoms with Crippen LogP contribution in [0.15, 0.2) is 36.5 Å². The summed E-state index contributed by atoms with van der Waals surface area (Å²) in [5.74, 6) is 0. The van der Waals surface area contributed by atoms with Crippen LogP contribution in [0.2, 0.25) is 0 Å². The van der Waals surface area contributed by atoms with Crippen LogP contribution in [0.3, 0.4) is 0 Å². The van der Waals surface area contributed by atoms with E-state index in [0.717, 1.165) is 5.69 Å². The van der Waals surface area contributed by atoms with E-state index >= 15 is 0 Å². The van der Waals surface area contributed by atoms with Crippen LogP contribution in [0.25, 0.3) is 0 Å². The molecule has 0 spiro atoms. The molecule has 1 heterocycles. The van der Waals surface area contributed by atoms with Gasteiger partial charge in [-0.15, -0.1) is 0 Å². The van der Waals surface area contributed by atoms with Gasteiger partial charge in [0.15, 0.2) is 0 Å². The average molecular weight is 300 g/mol. The minimum atomic E-state index is -0.437. The molecule has 114 valence electrons. The van der Waals surface area contributed by atoms with E-state index in [0.29, 0.717) is 23.4 Å². The van der Waals surface area contributed by atoms with Crippen molar-refractivity contribution in [2.45, 2.75) is 20.4 Å². The summed E-state index contributed by atoms with van der Waals surface area (Å²) in [6.45, 7) is 3.65. The van der Waals surface area contributed by atoms with Crippen LogP contribution in [0.1, 0.15) is 16.8 Å². The Balaban J connectivity index is 2.02. The number of urea groups is 1. The molecule has 1 aromatic heterocycles. The van der Waals surface area contributed by atoms with Gasteiger partial charge in [-0.2, -0.15) is 0 Å². The molecule has 2 amide bonds. The number of nitro benzene ring substituents is 1. The van der Waals surface area contributed by atoms with Crippen molar-refractivity contribution in [3.8, 4) is 0 Å². The third kappa shape index (κ3) is 3.78. The number of anilines is 1. The number of carbonyl (C=O) groups is 1. The number of benzene rings is 1. The summed E-state index contributed by atoms with van der Waals surface area (Å²) >= 11 is 0. The zero-order valence-electron chi connectivity index (χ0n) is 12.3. The van der Waals surface area contributed by atoms with Gasteiger partial charge in [-0.25, -0.2) is 4.79 Å². The molecule has 0 atom stereocenters. The number of hydrogen-bond acceptors (Lipinski definition) is 4. The van der Waals surface area contributed by atoms with Gasteiger partial charge in [0, 0.05) is 23.5 Å². The average Bonchev–Trinajstić information content (AvgIpc) is 2.49. The number of aryl methyl sites for hydroxylation is 2. The van der Waals surface area contributed by atoms with E-state index in [1.807, 2.05) is 12.1 Å². The smallest absolute Gasteiger partial charge is 0.319 e. The fourth-order valence-electron chi connectivity index (χ4n) is 1.97. The van der Waals surface area contributed by atoms with Gasteiger partial charge >= 0.3 is 6.03 Å². The van der Waals surface area contributed by atoms with Crippen molar-refractivity contribution in [1.82, 2.24) is 10.3 Å². The summed E-state index contributed by atoms with van der Waals surface area (Å²) in [6.07, 6.45) is 1.65. The highest BCUT2D eigenvalue weighted by atomic mass is 16.6. The predicted octanol–water partition coefficient (Wildman–Crippen LogP) is 2.93. The minimum absolute atomic E-state index is 0.0388. The number of nitro groups is 1. The van der Waals surface area contributed by atoms with Gasteiger partial charge < -0.3 is 10.6 Å². The Labute approximate surface area is 127 Å². The second-order valence-electron chi connectivity index (χ2n) is 4.84. The molecule has 22 heavy (non-hydrogen) atoms. The highest BCUT2D eigenvalue weighted by Crippen LogP contribution is 2.25. The van der Waals surface area contributed by atoms with E-state index in [9.17, 15) is 14.9 Å². The van der Waals surface area contributed by atoms with E-state index in [1.165, 1.54) is 6.07 Å². The maximum absolute atomic E-state index is 11.9. The highest BCUT2D eigenvalue weighted by Gasteiger charge is 2.14. The standard InChI is InChI=1S/C15H16N4O3/c1-10-8-14(19(21)22)11(2)7-13(10)18-15(20)17-9-12-5-3-4-6-16-12/h3-8H,9H2,1-2H3,(H2,17,18,20). The lowest BCUT2D eigenvalue weighted by Crippen LogP contribution is -2.28. The van der Waals surface area contributed by atoms with Crippen LogP contribution in [0.4, 0.5) is 16.2 Å². The quantitative estimate of drug-likeness (QED) is 0.670. The van der Waals surface area contributed by atoms with E-state index in [4.69, 9.17) is 0 Å². The van der Waals surface area contributed by atoms with Crippen LogP contribution in [-0.4, -0.2) is 15.9 Å². The molecule has 0 saturated heterocycles. The van der Waals surface area contributed by atoms with Gasteiger partial charge in [-0.05, 0) is 37.6 Å². The number of hydrogen-bond donors (Lipinski definition) is 2. The third-order valence-corrected chi connectivity index (χ3v) is 3.14. The third-order valence-electron chi connectivity index (χ3n) is 3.14. The number of amides is 2. The van der Waals surface area contributed by atoms with Crippen molar-refractivity contribution in [3.63, 3.8) is 0 Å². The van der Waals surface area contributed by atoms with Gasteiger partial charge in [0.25, 0.3) is 5.69 Å². The molecule has 2 N–H and O–H groups in total. The molecule has 7 nitrogen and oxygen atoms in total. The van der Waals surface area contributed by atoms with E-state index in [1.54, 1.807) is 32.2 Å². The molecule has 0 unspecified atom stereocenters. The normalized spacial score (nSPS) is 10.1. The van der Waals surface area contributed by atoms with Crippen LogP contribution in [0, 0.1) is 24.0 Å². The lowest BCUT2D eigenvalue weighted by Gasteiger charge is -2.11. The molecule has 0 radical (unpaired) electrons. The molecule has 0 aliphatic carbocycles. The number of nitrogens with zero attached hydrogens (tertiary/aromatic N) is 2. The number of carbonyl (C=O) groups excluding carboxylic acids is 1. The molecule has 1 aromatic carbocycles. The number of pyridine rings is 1. The van der Waals surface area contributed by atoms with Crippen LogP contribution in [-0.2, 0) is 6.54 Å². The minimum Gasteiger partial charge on any atom is -0.332 e. The summed E-state index contributed by atoms with van der Waals surface area (Å²) in [6, 6.07) is 8.10. The van der Waals surface area contributed by atoms with Crippen LogP contribution < -0.4 is 10.6 Å². The molecular formula is C15H16N4O3. The maximum Gasteiger partial charge on any atom is 0.319 e. The number of nitrogens with one attached hydrogen (secondary N) is 2. The van der Waals surface area contributed by atoms with Gasteiger partial charge in [0.1, 0.15) is 0 Å². The van der Waals surface area contributed by atoms with E-state index < -0.39 is 4.92 Å². The zero-order valence-corrected chi connectivity index (χ0v) is 12.3. The van der Waals surface area contributed by atoms with E-state index in [2.05, 4.69) is 15.6 Å². The molecule has 2 rings (SSSR count). The Kier molecular flexibility index (Phi) is 4.67. The summed E-state index contributed by atoms with van der Waals surface area (Å²) in [4.78, 5) is 26.4. The molecular weight excluding hydrogens is 284 g/mol. The Morgan fingerprint density at radius 3 is 2.68 bits per heavy atom. The van der Waals surface area contributed by atoms with Crippen molar-refractivity contribution in [3.05, 3.63) is 63.5 Å².